The summed E-state index contributed by atoms with van der Waals surface area (Å²) in [6.45, 7) is 6.33. The van der Waals surface area contributed by atoms with E-state index in [4.69, 9.17) is 4.74 Å². The van der Waals surface area contributed by atoms with E-state index in [1.807, 2.05) is 25.5 Å². The van der Waals surface area contributed by atoms with Gasteiger partial charge in [0.2, 0.25) is 0 Å². The predicted molar refractivity (Wildman–Crippen MR) is 91.3 cm³/mol. The van der Waals surface area contributed by atoms with Gasteiger partial charge in [-0.25, -0.2) is 9.11 Å². The first kappa shape index (κ1) is 18.1. The fourth-order valence-corrected chi connectivity index (χ4v) is 3.85. The molecule has 1 amide bonds. The van der Waals surface area contributed by atoms with Crippen molar-refractivity contribution in [1.82, 2.24) is 9.03 Å². The van der Waals surface area contributed by atoms with Crippen LogP contribution < -0.4 is 9.46 Å². The Morgan fingerprint density at radius 1 is 1.28 bits per heavy atom. The molecule has 0 aromatic heterocycles. The van der Waals surface area contributed by atoms with Crippen molar-refractivity contribution in [2.24, 2.45) is 0 Å². The van der Waals surface area contributed by atoms with E-state index < -0.39 is 27.5 Å². The SMILES string of the molecule is CC(C)(C)Oc1cc(F)c(C(=O)NS(=O)(=O)N2CCC2)cc1C1CC1. The van der Waals surface area contributed by atoms with Crippen molar-refractivity contribution < 1.29 is 22.3 Å². The minimum Gasteiger partial charge on any atom is -0.488 e. The molecule has 2 fully saturated rings. The molecular weight excluding hydrogens is 347 g/mol. The highest BCUT2D eigenvalue weighted by molar-refractivity contribution is 7.87. The molecule has 8 heteroatoms. The number of ether oxygens (including phenoxy) is 1. The fourth-order valence-electron chi connectivity index (χ4n) is 2.64. The van der Waals surface area contributed by atoms with Gasteiger partial charge in [-0.3, -0.25) is 4.79 Å². The van der Waals surface area contributed by atoms with Gasteiger partial charge >= 0.3 is 10.2 Å². The van der Waals surface area contributed by atoms with Gasteiger partial charge in [0.25, 0.3) is 5.91 Å². The Bertz CT molecular complexity index is 794. The minimum absolute atomic E-state index is 0.219. The first-order valence-electron chi connectivity index (χ1n) is 8.41. The molecule has 0 bridgehead atoms. The monoisotopic (exact) mass is 370 g/mol. The molecule has 1 saturated heterocycles. The first-order chi connectivity index (χ1) is 11.6. The van der Waals surface area contributed by atoms with Gasteiger partial charge in [-0.2, -0.15) is 12.7 Å². The summed E-state index contributed by atoms with van der Waals surface area (Å²) in [5.74, 6) is -1.11. The number of hydrogen-bond acceptors (Lipinski definition) is 4. The number of nitrogens with one attached hydrogen (secondary N) is 1. The molecule has 25 heavy (non-hydrogen) atoms. The fraction of sp³-hybridized carbons (Fsp3) is 0.588. The summed E-state index contributed by atoms with van der Waals surface area (Å²) in [4.78, 5) is 12.3. The van der Waals surface area contributed by atoms with Crippen LogP contribution in [0.15, 0.2) is 12.1 Å². The third-order valence-electron chi connectivity index (χ3n) is 4.15. The molecule has 1 aromatic rings. The first-order valence-corrected chi connectivity index (χ1v) is 9.85. The van der Waals surface area contributed by atoms with E-state index in [1.165, 1.54) is 12.1 Å². The Balaban J connectivity index is 1.88. The smallest absolute Gasteiger partial charge is 0.304 e. The van der Waals surface area contributed by atoms with E-state index in [1.54, 1.807) is 0 Å². The zero-order chi connectivity index (χ0) is 18.4. The van der Waals surface area contributed by atoms with Crippen LogP contribution in [0.5, 0.6) is 5.75 Å². The number of carbonyl (C=O) groups is 1. The van der Waals surface area contributed by atoms with Crippen LogP contribution in [-0.4, -0.2) is 37.3 Å². The summed E-state index contributed by atoms with van der Waals surface area (Å²) in [7, 11) is -3.91. The lowest BCUT2D eigenvalue weighted by atomic mass is 10.0. The molecule has 1 aliphatic heterocycles. The third kappa shape index (κ3) is 4.12. The average molecular weight is 370 g/mol. The van der Waals surface area contributed by atoms with Crippen molar-refractivity contribution in [3.63, 3.8) is 0 Å². The van der Waals surface area contributed by atoms with Gasteiger partial charge in [0, 0.05) is 19.2 Å². The van der Waals surface area contributed by atoms with E-state index in [0.29, 0.717) is 18.8 Å². The average Bonchev–Trinajstić information content (AvgIpc) is 3.17. The summed E-state index contributed by atoms with van der Waals surface area (Å²) < 4.78 is 47.5. The number of carbonyl (C=O) groups excluding carboxylic acids is 1. The van der Waals surface area contributed by atoms with Crippen molar-refractivity contribution in [3.8, 4) is 5.75 Å². The molecule has 3 rings (SSSR count). The zero-order valence-electron chi connectivity index (χ0n) is 14.6. The Labute approximate surface area is 147 Å². The molecular formula is C17H23FN2O4S. The lowest BCUT2D eigenvalue weighted by molar-refractivity contribution is 0.0973. The Hall–Kier alpha value is -1.67. The van der Waals surface area contributed by atoms with Gasteiger partial charge in [0.1, 0.15) is 17.2 Å². The van der Waals surface area contributed by atoms with Crippen LogP contribution in [0.3, 0.4) is 0 Å². The normalized spacial score (nSPS) is 18.6. The maximum absolute atomic E-state index is 14.5. The van der Waals surface area contributed by atoms with Gasteiger partial charge in [-0.15, -0.1) is 0 Å². The van der Waals surface area contributed by atoms with Crippen molar-refractivity contribution in [2.45, 2.75) is 51.6 Å². The van der Waals surface area contributed by atoms with Crippen LogP contribution in [0.1, 0.15) is 61.9 Å². The number of amides is 1. The zero-order valence-corrected chi connectivity index (χ0v) is 15.5. The maximum Gasteiger partial charge on any atom is 0.304 e. The highest BCUT2D eigenvalue weighted by atomic mass is 32.2. The number of hydrogen-bond donors (Lipinski definition) is 1. The lowest BCUT2D eigenvalue weighted by Crippen LogP contribution is -2.49. The maximum atomic E-state index is 14.5. The topological polar surface area (TPSA) is 75.7 Å². The number of nitrogens with zero attached hydrogens (tertiary/aromatic N) is 1. The van der Waals surface area contributed by atoms with Crippen LogP contribution in [0, 0.1) is 5.82 Å². The molecule has 2 aliphatic rings. The summed E-state index contributed by atoms with van der Waals surface area (Å²) in [5, 5.41) is 0. The van der Waals surface area contributed by atoms with E-state index >= 15 is 0 Å². The van der Waals surface area contributed by atoms with Crippen molar-refractivity contribution in [2.75, 3.05) is 13.1 Å². The van der Waals surface area contributed by atoms with Gasteiger partial charge in [-0.05, 0) is 57.6 Å². The highest BCUT2D eigenvalue weighted by Gasteiger charge is 2.33. The van der Waals surface area contributed by atoms with Gasteiger partial charge in [0.15, 0.2) is 0 Å². The van der Waals surface area contributed by atoms with Crippen LogP contribution in [0.25, 0.3) is 0 Å². The standard InChI is InChI=1S/C17H23FN2O4S/c1-17(2,3)24-15-10-14(18)13(9-12(15)11-5-6-11)16(21)19-25(22,23)20-7-4-8-20/h9-11H,4-8H2,1-3H3,(H,19,21). The van der Waals surface area contributed by atoms with Gasteiger partial charge < -0.3 is 4.74 Å². The molecule has 0 unspecified atom stereocenters. The third-order valence-corrected chi connectivity index (χ3v) is 5.64. The summed E-state index contributed by atoms with van der Waals surface area (Å²) in [6, 6.07) is 2.61. The molecule has 0 atom stereocenters. The van der Waals surface area contributed by atoms with Crippen LogP contribution in [0.4, 0.5) is 4.39 Å². The molecule has 1 aliphatic carbocycles. The molecule has 0 spiro atoms. The second-order valence-electron chi connectivity index (χ2n) is 7.55. The molecule has 1 saturated carbocycles. The second-order valence-corrected chi connectivity index (χ2v) is 9.22. The van der Waals surface area contributed by atoms with E-state index in [2.05, 4.69) is 0 Å². The summed E-state index contributed by atoms with van der Waals surface area (Å²) in [5.41, 5.74) is -0.0178. The van der Waals surface area contributed by atoms with Crippen molar-refractivity contribution in [1.29, 1.82) is 0 Å². The molecule has 6 nitrogen and oxygen atoms in total. The molecule has 0 radical (unpaired) electrons. The van der Waals surface area contributed by atoms with Gasteiger partial charge in [-0.1, -0.05) is 0 Å². The molecule has 1 aromatic carbocycles. The largest absolute Gasteiger partial charge is 0.488 e. The Kier molecular flexibility index (Phi) is 4.53. The van der Waals surface area contributed by atoms with Crippen LogP contribution in [-0.2, 0) is 10.2 Å². The molecule has 1 heterocycles. The van der Waals surface area contributed by atoms with Gasteiger partial charge in [0.05, 0.1) is 5.56 Å². The highest BCUT2D eigenvalue weighted by Crippen LogP contribution is 2.45. The number of benzene rings is 1. The molecule has 1 N–H and O–H groups in total. The van der Waals surface area contributed by atoms with Crippen molar-refractivity contribution >= 4 is 16.1 Å². The van der Waals surface area contributed by atoms with E-state index in [-0.39, 0.29) is 11.5 Å². The predicted octanol–water partition coefficient (Wildman–Crippen LogP) is 2.56. The van der Waals surface area contributed by atoms with Crippen molar-refractivity contribution in [3.05, 3.63) is 29.1 Å². The quantitative estimate of drug-likeness (QED) is 0.864. The Morgan fingerprint density at radius 2 is 1.92 bits per heavy atom. The van der Waals surface area contributed by atoms with E-state index in [9.17, 15) is 17.6 Å². The summed E-state index contributed by atoms with van der Waals surface area (Å²) in [6.07, 6.45) is 2.65. The second kappa shape index (κ2) is 6.25. The minimum atomic E-state index is -3.91. The number of rotatable bonds is 5. The molecule has 138 valence electrons. The van der Waals surface area contributed by atoms with E-state index in [0.717, 1.165) is 29.1 Å². The van der Waals surface area contributed by atoms with Crippen LogP contribution >= 0.6 is 0 Å². The number of halogens is 1. The summed E-state index contributed by atoms with van der Waals surface area (Å²) >= 11 is 0. The Morgan fingerprint density at radius 3 is 2.40 bits per heavy atom. The van der Waals surface area contributed by atoms with Crippen LogP contribution in [0.2, 0.25) is 0 Å². The lowest BCUT2D eigenvalue weighted by Gasteiger charge is -2.29.